The summed E-state index contributed by atoms with van der Waals surface area (Å²) in [6.07, 6.45) is 0. The van der Waals surface area contributed by atoms with Gasteiger partial charge in [-0.1, -0.05) is 0 Å². The minimum absolute atomic E-state index is 0.204. The van der Waals surface area contributed by atoms with Crippen molar-refractivity contribution in [2.75, 3.05) is 0 Å². The molecule has 1 heterocycles. The van der Waals surface area contributed by atoms with Gasteiger partial charge in [-0.2, -0.15) is 0 Å². The Kier molecular flexibility index (Phi) is 2.36. The molecule has 0 saturated carbocycles. The molecule has 72 valence electrons. The number of hydrogen-bond donors (Lipinski definition) is 0. The van der Waals surface area contributed by atoms with Gasteiger partial charge in [-0.15, -0.1) is 0 Å². The second-order valence-electron chi connectivity index (χ2n) is 4.06. The van der Waals surface area contributed by atoms with E-state index < -0.39 is 5.54 Å². The standard InChI is InChI=1S/C9H12BrNO2/c1-5-6(10)8(13)11(7(5)12)9(2,3)4/h1-4H3. The molecule has 0 aromatic heterocycles. The number of nitrogens with zero attached hydrogens (tertiary/aromatic N) is 1. The summed E-state index contributed by atoms with van der Waals surface area (Å²) in [5.74, 6) is -0.445. The average Bonchev–Trinajstić information content (AvgIpc) is 2.14. The Morgan fingerprint density at radius 3 is 1.77 bits per heavy atom. The zero-order chi connectivity index (χ0) is 10.4. The highest BCUT2D eigenvalue weighted by atomic mass is 79.9. The van der Waals surface area contributed by atoms with Crippen molar-refractivity contribution >= 4 is 27.7 Å². The van der Waals surface area contributed by atoms with Crippen LogP contribution in [-0.4, -0.2) is 22.3 Å². The highest BCUT2D eigenvalue weighted by Crippen LogP contribution is 2.30. The van der Waals surface area contributed by atoms with E-state index in [2.05, 4.69) is 15.9 Å². The van der Waals surface area contributed by atoms with Gasteiger partial charge in [0, 0.05) is 11.1 Å². The number of hydrogen-bond acceptors (Lipinski definition) is 2. The van der Waals surface area contributed by atoms with Gasteiger partial charge >= 0.3 is 0 Å². The number of amides is 2. The van der Waals surface area contributed by atoms with Gasteiger partial charge < -0.3 is 0 Å². The van der Waals surface area contributed by atoms with Crippen LogP contribution in [0.5, 0.6) is 0 Å². The van der Waals surface area contributed by atoms with Crippen LogP contribution >= 0.6 is 15.9 Å². The van der Waals surface area contributed by atoms with Gasteiger partial charge in [-0.25, -0.2) is 0 Å². The fourth-order valence-corrected chi connectivity index (χ4v) is 1.57. The molecule has 1 rings (SSSR count). The molecule has 1 aliphatic rings. The van der Waals surface area contributed by atoms with Crippen molar-refractivity contribution in [1.29, 1.82) is 0 Å². The fourth-order valence-electron chi connectivity index (χ4n) is 1.22. The summed E-state index contributed by atoms with van der Waals surface area (Å²) >= 11 is 3.11. The molecular formula is C9H12BrNO2. The summed E-state index contributed by atoms with van der Waals surface area (Å²) in [6.45, 7) is 7.15. The third kappa shape index (κ3) is 1.55. The Bertz CT molecular complexity index is 288. The van der Waals surface area contributed by atoms with E-state index in [-0.39, 0.29) is 11.8 Å². The lowest BCUT2D eigenvalue weighted by atomic mass is 10.1. The molecule has 0 saturated heterocycles. The van der Waals surface area contributed by atoms with E-state index in [1.165, 1.54) is 4.90 Å². The number of carbonyl (C=O) groups is 2. The van der Waals surface area contributed by atoms with Gasteiger partial charge in [0.25, 0.3) is 11.8 Å². The van der Waals surface area contributed by atoms with E-state index in [4.69, 9.17) is 0 Å². The van der Waals surface area contributed by atoms with E-state index in [0.29, 0.717) is 10.1 Å². The topological polar surface area (TPSA) is 37.4 Å². The largest absolute Gasteiger partial charge is 0.269 e. The van der Waals surface area contributed by atoms with E-state index in [1.807, 2.05) is 20.8 Å². The maximum absolute atomic E-state index is 11.6. The monoisotopic (exact) mass is 245 g/mol. The van der Waals surface area contributed by atoms with Crippen LogP contribution in [-0.2, 0) is 9.59 Å². The number of carbonyl (C=O) groups excluding carboxylic acids is 2. The molecule has 0 unspecified atom stereocenters. The lowest BCUT2D eigenvalue weighted by molar-refractivity contribution is -0.142. The average molecular weight is 246 g/mol. The fraction of sp³-hybridized carbons (Fsp3) is 0.556. The first-order valence-corrected chi connectivity index (χ1v) is 4.81. The Morgan fingerprint density at radius 2 is 1.62 bits per heavy atom. The normalized spacial score (nSPS) is 19.0. The maximum atomic E-state index is 11.6. The van der Waals surface area contributed by atoms with Crippen LogP contribution in [0.1, 0.15) is 27.7 Å². The number of halogens is 1. The third-order valence-electron chi connectivity index (χ3n) is 1.91. The second-order valence-corrected chi connectivity index (χ2v) is 4.85. The molecule has 0 spiro atoms. The highest BCUT2D eigenvalue weighted by Gasteiger charge is 2.40. The van der Waals surface area contributed by atoms with E-state index in [1.54, 1.807) is 6.92 Å². The van der Waals surface area contributed by atoms with Crippen LogP contribution in [0.15, 0.2) is 10.1 Å². The molecule has 0 aromatic carbocycles. The summed E-state index contributed by atoms with van der Waals surface area (Å²) < 4.78 is 0.382. The van der Waals surface area contributed by atoms with Crippen LogP contribution < -0.4 is 0 Å². The highest BCUT2D eigenvalue weighted by molar-refractivity contribution is 9.12. The zero-order valence-corrected chi connectivity index (χ0v) is 9.73. The predicted molar refractivity (Wildman–Crippen MR) is 53.2 cm³/mol. The summed E-state index contributed by atoms with van der Waals surface area (Å²) in [7, 11) is 0. The number of rotatable bonds is 0. The van der Waals surface area contributed by atoms with Crippen molar-refractivity contribution in [1.82, 2.24) is 4.90 Å². The Labute approximate surface area is 85.9 Å². The van der Waals surface area contributed by atoms with Gasteiger partial charge in [0.1, 0.15) is 0 Å². The lowest BCUT2D eigenvalue weighted by Gasteiger charge is -2.29. The van der Waals surface area contributed by atoms with Crippen molar-refractivity contribution in [2.24, 2.45) is 0 Å². The first kappa shape index (κ1) is 10.4. The number of imide groups is 1. The third-order valence-corrected chi connectivity index (χ3v) is 2.85. The molecule has 2 amide bonds. The van der Waals surface area contributed by atoms with Gasteiger partial charge in [0.2, 0.25) is 0 Å². The van der Waals surface area contributed by atoms with Crippen LogP contribution in [0.4, 0.5) is 0 Å². The van der Waals surface area contributed by atoms with Crippen molar-refractivity contribution < 1.29 is 9.59 Å². The SMILES string of the molecule is CC1=C(Br)C(=O)N(C(C)(C)C)C1=O. The molecule has 0 aliphatic carbocycles. The molecule has 0 aromatic rings. The molecule has 0 N–H and O–H groups in total. The van der Waals surface area contributed by atoms with Gasteiger partial charge in [-0.05, 0) is 43.6 Å². The Hall–Kier alpha value is -0.640. The smallest absolute Gasteiger partial charge is 0.268 e. The second kappa shape index (κ2) is 2.94. The summed E-state index contributed by atoms with van der Waals surface area (Å²) in [5.41, 5.74) is 0.0326. The summed E-state index contributed by atoms with van der Waals surface area (Å²) in [6, 6.07) is 0. The molecule has 1 aliphatic heterocycles. The molecule has 0 fully saturated rings. The quantitative estimate of drug-likeness (QED) is 0.611. The Morgan fingerprint density at radius 1 is 1.15 bits per heavy atom. The van der Waals surface area contributed by atoms with Crippen molar-refractivity contribution in [2.45, 2.75) is 33.2 Å². The molecule has 13 heavy (non-hydrogen) atoms. The molecule has 3 nitrogen and oxygen atoms in total. The Balaban J connectivity index is 3.12. The first-order valence-electron chi connectivity index (χ1n) is 4.02. The predicted octanol–water partition coefficient (Wildman–Crippen LogP) is 1.82. The van der Waals surface area contributed by atoms with Gasteiger partial charge in [-0.3, -0.25) is 14.5 Å². The van der Waals surface area contributed by atoms with Crippen LogP contribution in [0.25, 0.3) is 0 Å². The molecular weight excluding hydrogens is 234 g/mol. The van der Waals surface area contributed by atoms with E-state index in [9.17, 15) is 9.59 Å². The molecule has 0 atom stereocenters. The van der Waals surface area contributed by atoms with Crippen molar-refractivity contribution in [3.05, 3.63) is 10.1 Å². The maximum Gasteiger partial charge on any atom is 0.268 e. The molecule has 0 bridgehead atoms. The van der Waals surface area contributed by atoms with Gasteiger partial charge in [0.05, 0.1) is 4.48 Å². The van der Waals surface area contributed by atoms with Crippen LogP contribution in [0, 0.1) is 0 Å². The van der Waals surface area contributed by atoms with Crippen LogP contribution in [0.3, 0.4) is 0 Å². The lowest BCUT2D eigenvalue weighted by Crippen LogP contribution is -2.46. The van der Waals surface area contributed by atoms with E-state index >= 15 is 0 Å². The van der Waals surface area contributed by atoms with Crippen molar-refractivity contribution in [3.8, 4) is 0 Å². The van der Waals surface area contributed by atoms with E-state index in [0.717, 1.165) is 0 Å². The summed E-state index contributed by atoms with van der Waals surface area (Å²) in [4.78, 5) is 24.4. The molecule has 0 radical (unpaired) electrons. The van der Waals surface area contributed by atoms with Crippen LogP contribution in [0.2, 0.25) is 0 Å². The minimum Gasteiger partial charge on any atom is -0.269 e. The van der Waals surface area contributed by atoms with Crippen molar-refractivity contribution in [3.63, 3.8) is 0 Å². The summed E-state index contributed by atoms with van der Waals surface area (Å²) in [5, 5.41) is 0. The minimum atomic E-state index is -0.453. The zero-order valence-electron chi connectivity index (χ0n) is 8.14. The molecule has 4 heteroatoms. The first-order chi connectivity index (χ1) is 5.76. The van der Waals surface area contributed by atoms with Gasteiger partial charge in [0.15, 0.2) is 0 Å².